The Morgan fingerprint density at radius 1 is 1.26 bits per heavy atom. The number of carbonyl (C=O) groups excluding carboxylic acids is 1. The van der Waals surface area contributed by atoms with Gasteiger partial charge in [-0.15, -0.1) is 0 Å². The Morgan fingerprint density at radius 2 is 2.03 bits per heavy atom. The number of benzene rings is 2. The Balaban J connectivity index is 1.66. The van der Waals surface area contributed by atoms with Crippen molar-refractivity contribution >= 4 is 27.8 Å². The van der Waals surface area contributed by atoms with Gasteiger partial charge in [-0.2, -0.15) is 0 Å². The zero-order chi connectivity index (χ0) is 24.0. The molecule has 0 unspecified atom stereocenters. The average molecular weight is 459 g/mol. The van der Waals surface area contributed by atoms with Crippen molar-refractivity contribution in [2.24, 2.45) is 0 Å². The number of phenols is 1. The molecule has 0 saturated carbocycles. The van der Waals surface area contributed by atoms with E-state index in [1.807, 2.05) is 47.8 Å². The molecule has 1 amide bonds. The number of phenolic OH excluding ortho intramolecular Hbond substituents is 1. The third kappa shape index (κ3) is 3.63. The number of imidazole rings is 1. The smallest absolute Gasteiger partial charge is 0.284 e. The topological polar surface area (TPSA) is 96.5 Å². The van der Waals surface area contributed by atoms with Crippen LogP contribution in [0.4, 0.5) is 0 Å². The number of carbonyl (C=O) groups is 1. The summed E-state index contributed by atoms with van der Waals surface area (Å²) in [7, 11) is 3.95. The first kappa shape index (κ1) is 21.8. The second kappa shape index (κ2) is 8.42. The van der Waals surface area contributed by atoms with Crippen LogP contribution in [0.25, 0.3) is 27.6 Å². The third-order valence-corrected chi connectivity index (χ3v) is 6.28. The van der Waals surface area contributed by atoms with Crippen molar-refractivity contribution in [2.75, 3.05) is 33.7 Å². The molecule has 3 heterocycles. The number of fused-ring (bicyclic) bond motifs is 2. The Kier molecular flexibility index (Phi) is 5.41. The first-order chi connectivity index (χ1) is 16.4. The highest BCUT2D eigenvalue weighted by Crippen LogP contribution is 2.30. The molecule has 174 valence electrons. The zero-order valence-corrected chi connectivity index (χ0v) is 19.2. The van der Waals surface area contributed by atoms with Crippen molar-refractivity contribution in [3.05, 3.63) is 71.6 Å². The van der Waals surface area contributed by atoms with Crippen LogP contribution in [0, 0.1) is 0 Å². The van der Waals surface area contributed by atoms with Crippen LogP contribution in [0.3, 0.4) is 0 Å². The number of aromatic hydroxyl groups is 1. The van der Waals surface area contributed by atoms with Gasteiger partial charge in [0.25, 0.3) is 5.56 Å². The maximum Gasteiger partial charge on any atom is 0.284 e. The van der Waals surface area contributed by atoms with E-state index >= 15 is 0 Å². The number of rotatable bonds is 6. The molecule has 0 aliphatic carbocycles. The minimum Gasteiger partial charge on any atom is -0.508 e. The van der Waals surface area contributed by atoms with E-state index in [0.29, 0.717) is 43.0 Å². The van der Waals surface area contributed by atoms with Crippen molar-refractivity contribution in [1.82, 2.24) is 28.9 Å². The lowest BCUT2D eigenvalue weighted by Crippen LogP contribution is -2.48. The van der Waals surface area contributed by atoms with Gasteiger partial charge >= 0.3 is 0 Å². The molecule has 1 aliphatic heterocycles. The summed E-state index contributed by atoms with van der Waals surface area (Å²) in [5, 5.41) is 11.9. The summed E-state index contributed by atoms with van der Waals surface area (Å²) < 4.78 is 3.41. The summed E-state index contributed by atoms with van der Waals surface area (Å²) in [4.78, 5) is 38.7. The van der Waals surface area contributed by atoms with Crippen LogP contribution in [0.1, 0.15) is 11.7 Å². The van der Waals surface area contributed by atoms with Crippen molar-refractivity contribution in [3.8, 4) is 11.4 Å². The molecule has 0 radical (unpaired) electrons. The Labute approximate surface area is 196 Å². The molecule has 1 N–H and O–H groups in total. The summed E-state index contributed by atoms with van der Waals surface area (Å²) >= 11 is 0. The SMILES string of the molecule is C=CC(=O)N1CC(c2nc3ncn(-c4cc(O)cc5ccccc45)c(=O)c3n2CCN(C)C)C1. The summed E-state index contributed by atoms with van der Waals surface area (Å²) in [5.74, 6) is 0.746. The highest BCUT2D eigenvalue weighted by atomic mass is 16.3. The number of amides is 1. The van der Waals surface area contributed by atoms with Crippen LogP contribution in [-0.2, 0) is 11.3 Å². The molecule has 1 aliphatic rings. The Hall–Kier alpha value is -3.98. The van der Waals surface area contributed by atoms with E-state index in [4.69, 9.17) is 4.98 Å². The minimum atomic E-state index is -0.253. The second-order valence-electron chi connectivity index (χ2n) is 8.85. The molecule has 0 bridgehead atoms. The quantitative estimate of drug-likeness (QED) is 0.445. The van der Waals surface area contributed by atoms with Crippen LogP contribution in [0.5, 0.6) is 5.75 Å². The van der Waals surface area contributed by atoms with Crippen LogP contribution in [0.2, 0.25) is 0 Å². The van der Waals surface area contributed by atoms with E-state index in [9.17, 15) is 14.7 Å². The molecular formula is C25H26N6O3. The number of hydrogen-bond donors (Lipinski definition) is 1. The van der Waals surface area contributed by atoms with Crippen LogP contribution in [-0.4, -0.2) is 73.6 Å². The summed E-state index contributed by atoms with van der Waals surface area (Å²) in [6.07, 6.45) is 2.78. The minimum absolute atomic E-state index is 0.0229. The fraction of sp³-hybridized carbons (Fsp3) is 0.280. The van der Waals surface area contributed by atoms with Gasteiger partial charge in [-0.05, 0) is 31.6 Å². The summed E-state index contributed by atoms with van der Waals surface area (Å²) in [6.45, 7) is 5.88. The lowest BCUT2D eigenvalue weighted by Gasteiger charge is -2.38. The standard InChI is InChI=1S/C25H26N6O3/c1-4-21(33)29-13-17(14-29)24-27-23-22(30(24)10-9-28(2)3)25(34)31(15-26-23)20-12-18(32)11-16-7-5-6-8-19(16)20/h4-8,11-12,15,17,32H,1,9-10,13-14H2,2-3H3. The van der Waals surface area contributed by atoms with Gasteiger partial charge in [0.15, 0.2) is 11.2 Å². The number of likely N-dealkylation sites (N-methyl/N-ethyl adjacent to an activating group) is 1. The van der Waals surface area contributed by atoms with Gasteiger partial charge in [0.2, 0.25) is 5.91 Å². The molecule has 9 heteroatoms. The first-order valence-electron chi connectivity index (χ1n) is 11.1. The average Bonchev–Trinajstić information content (AvgIpc) is 3.15. The summed E-state index contributed by atoms with van der Waals surface area (Å²) in [5.41, 5.74) is 1.10. The van der Waals surface area contributed by atoms with Crippen LogP contribution >= 0.6 is 0 Å². The van der Waals surface area contributed by atoms with Gasteiger partial charge in [0.05, 0.1) is 11.6 Å². The van der Waals surface area contributed by atoms with Crippen molar-refractivity contribution in [1.29, 1.82) is 0 Å². The summed E-state index contributed by atoms with van der Waals surface area (Å²) in [6, 6.07) is 10.8. The molecule has 34 heavy (non-hydrogen) atoms. The monoisotopic (exact) mass is 458 g/mol. The molecule has 0 atom stereocenters. The molecule has 0 spiro atoms. The molecule has 1 fully saturated rings. The Morgan fingerprint density at radius 3 is 2.76 bits per heavy atom. The van der Waals surface area contributed by atoms with Crippen molar-refractivity contribution < 1.29 is 9.90 Å². The predicted octanol–water partition coefficient (Wildman–Crippen LogP) is 2.11. The van der Waals surface area contributed by atoms with E-state index in [-0.39, 0.29) is 23.1 Å². The predicted molar refractivity (Wildman–Crippen MR) is 130 cm³/mol. The van der Waals surface area contributed by atoms with Gasteiger partial charge in [-0.25, -0.2) is 9.97 Å². The van der Waals surface area contributed by atoms with Crippen LogP contribution < -0.4 is 5.56 Å². The van der Waals surface area contributed by atoms with Gasteiger partial charge in [-0.3, -0.25) is 14.2 Å². The Bertz CT molecular complexity index is 1480. The largest absolute Gasteiger partial charge is 0.508 e. The van der Waals surface area contributed by atoms with E-state index in [2.05, 4.69) is 11.6 Å². The normalized spacial score (nSPS) is 14.1. The highest BCUT2D eigenvalue weighted by molar-refractivity contribution is 5.92. The highest BCUT2D eigenvalue weighted by Gasteiger charge is 2.35. The van der Waals surface area contributed by atoms with Gasteiger partial charge in [0, 0.05) is 37.6 Å². The van der Waals surface area contributed by atoms with E-state index in [1.165, 1.54) is 17.0 Å². The van der Waals surface area contributed by atoms with Crippen LogP contribution in [0.15, 0.2) is 60.2 Å². The van der Waals surface area contributed by atoms with Crippen molar-refractivity contribution in [2.45, 2.75) is 12.5 Å². The lowest BCUT2D eigenvalue weighted by atomic mass is 9.99. The molecular weight excluding hydrogens is 432 g/mol. The molecule has 2 aromatic carbocycles. The lowest BCUT2D eigenvalue weighted by molar-refractivity contribution is -0.130. The maximum atomic E-state index is 13.8. The van der Waals surface area contributed by atoms with Crippen molar-refractivity contribution in [3.63, 3.8) is 0 Å². The number of nitrogens with zero attached hydrogens (tertiary/aromatic N) is 6. The second-order valence-corrected chi connectivity index (χ2v) is 8.85. The zero-order valence-electron chi connectivity index (χ0n) is 19.2. The molecule has 2 aromatic heterocycles. The molecule has 5 rings (SSSR count). The van der Waals surface area contributed by atoms with Gasteiger partial charge < -0.3 is 19.5 Å². The maximum absolute atomic E-state index is 13.8. The first-order valence-corrected chi connectivity index (χ1v) is 11.1. The number of likely N-dealkylation sites (tertiary alicyclic amines) is 1. The van der Waals surface area contributed by atoms with E-state index in [1.54, 1.807) is 17.0 Å². The fourth-order valence-electron chi connectivity index (χ4n) is 4.47. The van der Waals surface area contributed by atoms with Gasteiger partial charge in [0.1, 0.15) is 17.9 Å². The van der Waals surface area contributed by atoms with E-state index < -0.39 is 0 Å². The molecule has 9 nitrogen and oxygen atoms in total. The molecule has 1 saturated heterocycles. The number of hydrogen-bond acceptors (Lipinski definition) is 6. The molecule has 4 aromatic rings. The third-order valence-electron chi connectivity index (χ3n) is 6.28. The number of aromatic nitrogens is 4. The van der Waals surface area contributed by atoms with E-state index in [0.717, 1.165) is 16.6 Å². The fourth-order valence-corrected chi connectivity index (χ4v) is 4.47. The van der Waals surface area contributed by atoms with Gasteiger partial charge in [-0.1, -0.05) is 30.8 Å².